The number of morpholine rings is 1. The number of nitrogens with zero attached hydrogens (tertiary/aromatic N) is 1. The number of ether oxygens (including phenoxy) is 1. The summed E-state index contributed by atoms with van der Waals surface area (Å²) < 4.78 is 18.8. The van der Waals surface area contributed by atoms with E-state index in [0.29, 0.717) is 6.54 Å². The highest BCUT2D eigenvalue weighted by atomic mass is 19.1. The van der Waals surface area contributed by atoms with Crippen molar-refractivity contribution < 1.29 is 9.13 Å². The van der Waals surface area contributed by atoms with Crippen LogP contribution in [-0.2, 0) is 11.3 Å². The number of rotatable bonds is 2. The van der Waals surface area contributed by atoms with E-state index < -0.39 is 0 Å². The van der Waals surface area contributed by atoms with E-state index in [2.05, 4.69) is 4.90 Å². The fourth-order valence-corrected chi connectivity index (χ4v) is 1.78. The zero-order valence-corrected chi connectivity index (χ0v) is 9.00. The molecule has 0 bridgehead atoms. The molecule has 0 spiro atoms. The quantitative estimate of drug-likeness (QED) is 0.738. The van der Waals surface area contributed by atoms with Crippen molar-refractivity contribution in [1.82, 2.24) is 4.90 Å². The average molecular weight is 209 g/mol. The van der Waals surface area contributed by atoms with E-state index in [4.69, 9.17) is 4.74 Å². The molecule has 0 radical (unpaired) electrons. The lowest BCUT2D eigenvalue weighted by molar-refractivity contribution is 0.0337. The minimum absolute atomic E-state index is 0.0958. The standard InChI is InChI=1S/C12H16FNO/c1-10-2-3-11(12(13)8-10)9-14-4-6-15-7-5-14/h2-3,8H,4-7,9H2,1H3. The highest BCUT2D eigenvalue weighted by molar-refractivity contribution is 5.23. The van der Waals surface area contributed by atoms with E-state index in [1.807, 2.05) is 19.1 Å². The first-order valence-corrected chi connectivity index (χ1v) is 5.31. The van der Waals surface area contributed by atoms with Crippen molar-refractivity contribution >= 4 is 0 Å². The Labute approximate surface area is 89.7 Å². The van der Waals surface area contributed by atoms with Gasteiger partial charge in [0.25, 0.3) is 0 Å². The van der Waals surface area contributed by atoms with Gasteiger partial charge in [0, 0.05) is 25.2 Å². The van der Waals surface area contributed by atoms with E-state index >= 15 is 0 Å². The van der Waals surface area contributed by atoms with Crippen molar-refractivity contribution in [3.63, 3.8) is 0 Å². The normalized spacial score (nSPS) is 18.0. The monoisotopic (exact) mass is 209 g/mol. The molecule has 0 aliphatic carbocycles. The van der Waals surface area contributed by atoms with Crippen LogP contribution >= 0.6 is 0 Å². The summed E-state index contributed by atoms with van der Waals surface area (Å²) in [5.74, 6) is -0.0958. The van der Waals surface area contributed by atoms with Crippen LogP contribution in [0.5, 0.6) is 0 Å². The zero-order chi connectivity index (χ0) is 10.7. The molecule has 1 aliphatic heterocycles. The van der Waals surface area contributed by atoms with Gasteiger partial charge in [-0.15, -0.1) is 0 Å². The fraction of sp³-hybridized carbons (Fsp3) is 0.500. The average Bonchev–Trinajstić information content (AvgIpc) is 2.24. The van der Waals surface area contributed by atoms with Crippen molar-refractivity contribution in [1.29, 1.82) is 0 Å². The summed E-state index contributed by atoms with van der Waals surface area (Å²) >= 11 is 0. The summed E-state index contributed by atoms with van der Waals surface area (Å²) in [6.45, 7) is 5.90. The van der Waals surface area contributed by atoms with Crippen LogP contribution in [0.1, 0.15) is 11.1 Å². The third-order valence-electron chi connectivity index (χ3n) is 2.71. The van der Waals surface area contributed by atoms with E-state index in [0.717, 1.165) is 37.4 Å². The molecule has 3 heteroatoms. The van der Waals surface area contributed by atoms with Gasteiger partial charge in [0.1, 0.15) is 5.82 Å². The molecule has 1 aromatic carbocycles. The van der Waals surface area contributed by atoms with E-state index in [9.17, 15) is 4.39 Å². The molecule has 0 atom stereocenters. The maximum atomic E-state index is 13.5. The molecule has 1 saturated heterocycles. The fourth-order valence-electron chi connectivity index (χ4n) is 1.78. The van der Waals surface area contributed by atoms with Crippen LogP contribution in [0.4, 0.5) is 4.39 Å². The van der Waals surface area contributed by atoms with Crippen molar-refractivity contribution in [2.75, 3.05) is 26.3 Å². The molecular weight excluding hydrogens is 193 g/mol. The van der Waals surface area contributed by atoms with Gasteiger partial charge in [0.2, 0.25) is 0 Å². The second kappa shape index (κ2) is 4.73. The number of halogens is 1. The first-order chi connectivity index (χ1) is 7.25. The Hall–Kier alpha value is -0.930. The van der Waals surface area contributed by atoms with Gasteiger partial charge in [-0.2, -0.15) is 0 Å². The topological polar surface area (TPSA) is 12.5 Å². The van der Waals surface area contributed by atoms with Gasteiger partial charge in [-0.3, -0.25) is 4.90 Å². The predicted octanol–water partition coefficient (Wildman–Crippen LogP) is 1.97. The molecule has 1 heterocycles. The van der Waals surface area contributed by atoms with Gasteiger partial charge in [-0.25, -0.2) is 4.39 Å². The molecule has 0 unspecified atom stereocenters. The predicted molar refractivity (Wildman–Crippen MR) is 57.2 cm³/mol. The SMILES string of the molecule is Cc1ccc(CN2CCOCC2)c(F)c1. The van der Waals surface area contributed by atoms with Crippen molar-refractivity contribution in [3.8, 4) is 0 Å². The number of hydrogen-bond acceptors (Lipinski definition) is 2. The van der Waals surface area contributed by atoms with Crippen LogP contribution in [0.3, 0.4) is 0 Å². The van der Waals surface area contributed by atoms with Crippen LogP contribution in [0.15, 0.2) is 18.2 Å². The maximum absolute atomic E-state index is 13.5. The summed E-state index contributed by atoms with van der Waals surface area (Å²) in [7, 11) is 0. The van der Waals surface area contributed by atoms with E-state index in [1.165, 1.54) is 0 Å². The lowest BCUT2D eigenvalue weighted by Gasteiger charge is -2.26. The maximum Gasteiger partial charge on any atom is 0.127 e. The third kappa shape index (κ3) is 2.76. The highest BCUT2D eigenvalue weighted by Crippen LogP contribution is 2.13. The van der Waals surface area contributed by atoms with Gasteiger partial charge in [0.15, 0.2) is 0 Å². The Kier molecular flexibility index (Phi) is 3.34. The minimum atomic E-state index is -0.0958. The molecule has 0 aromatic heterocycles. The lowest BCUT2D eigenvalue weighted by Crippen LogP contribution is -2.35. The number of benzene rings is 1. The Morgan fingerprint density at radius 2 is 2.07 bits per heavy atom. The molecule has 1 fully saturated rings. The second-order valence-electron chi connectivity index (χ2n) is 3.98. The molecule has 82 valence electrons. The zero-order valence-electron chi connectivity index (χ0n) is 9.00. The molecule has 15 heavy (non-hydrogen) atoms. The Morgan fingerprint density at radius 1 is 1.33 bits per heavy atom. The number of aryl methyl sites for hydroxylation is 1. The molecule has 1 aliphatic rings. The van der Waals surface area contributed by atoms with E-state index in [-0.39, 0.29) is 5.82 Å². The summed E-state index contributed by atoms with van der Waals surface area (Å²) in [6.07, 6.45) is 0. The number of hydrogen-bond donors (Lipinski definition) is 0. The van der Waals surface area contributed by atoms with Gasteiger partial charge in [0.05, 0.1) is 13.2 Å². The smallest absolute Gasteiger partial charge is 0.127 e. The van der Waals surface area contributed by atoms with Crippen LogP contribution in [0.25, 0.3) is 0 Å². The van der Waals surface area contributed by atoms with E-state index in [1.54, 1.807) is 6.07 Å². The van der Waals surface area contributed by atoms with Gasteiger partial charge >= 0.3 is 0 Å². The minimum Gasteiger partial charge on any atom is -0.379 e. The molecule has 2 nitrogen and oxygen atoms in total. The summed E-state index contributed by atoms with van der Waals surface area (Å²) in [5, 5.41) is 0. The van der Waals surface area contributed by atoms with Crippen LogP contribution in [0.2, 0.25) is 0 Å². The Balaban J connectivity index is 2.03. The molecule has 1 aromatic rings. The third-order valence-corrected chi connectivity index (χ3v) is 2.71. The molecule has 0 saturated carbocycles. The van der Waals surface area contributed by atoms with Crippen LogP contribution < -0.4 is 0 Å². The van der Waals surface area contributed by atoms with Crippen molar-refractivity contribution in [3.05, 3.63) is 35.1 Å². The molecule has 2 rings (SSSR count). The summed E-state index contributed by atoms with van der Waals surface area (Å²) in [5.41, 5.74) is 1.75. The lowest BCUT2D eigenvalue weighted by atomic mass is 10.1. The second-order valence-corrected chi connectivity index (χ2v) is 3.98. The van der Waals surface area contributed by atoms with Crippen LogP contribution in [-0.4, -0.2) is 31.2 Å². The molecule has 0 N–H and O–H groups in total. The van der Waals surface area contributed by atoms with Crippen molar-refractivity contribution in [2.24, 2.45) is 0 Å². The Bertz CT molecular complexity index is 334. The Morgan fingerprint density at radius 3 is 2.73 bits per heavy atom. The van der Waals surface area contributed by atoms with Crippen LogP contribution in [0, 0.1) is 12.7 Å². The van der Waals surface area contributed by atoms with Crippen molar-refractivity contribution in [2.45, 2.75) is 13.5 Å². The summed E-state index contributed by atoms with van der Waals surface area (Å²) in [4.78, 5) is 2.22. The summed E-state index contributed by atoms with van der Waals surface area (Å²) in [6, 6.07) is 5.43. The molecule has 0 amide bonds. The highest BCUT2D eigenvalue weighted by Gasteiger charge is 2.12. The first-order valence-electron chi connectivity index (χ1n) is 5.31. The molecular formula is C12H16FNO. The largest absolute Gasteiger partial charge is 0.379 e. The van der Waals surface area contributed by atoms with Gasteiger partial charge in [-0.05, 0) is 18.6 Å². The first kappa shape index (κ1) is 10.6. The van der Waals surface area contributed by atoms with Gasteiger partial charge in [-0.1, -0.05) is 12.1 Å². The van der Waals surface area contributed by atoms with Gasteiger partial charge < -0.3 is 4.74 Å².